The Morgan fingerprint density at radius 2 is 2.20 bits per heavy atom. The zero-order valence-electron chi connectivity index (χ0n) is 10.5. The van der Waals surface area contributed by atoms with Gasteiger partial charge < -0.3 is 5.11 Å². The molecular formula is C12H14FNO4S2. The Hall–Kier alpha value is -1.12. The molecule has 2 rings (SSSR count). The molecule has 5 nitrogen and oxygen atoms in total. The van der Waals surface area contributed by atoms with Crippen molar-refractivity contribution in [3.8, 4) is 0 Å². The number of carboxylic acid groups (broad SMARTS) is 1. The quantitative estimate of drug-likeness (QED) is 0.882. The molecule has 1 heterocycles. The molecule has 0 aliphatic carbocycles. The van der Waals surface area contributed by atoms with Gasteiger partial charge in [0.2, 0.25) is 10.0 Å². The standard InChI is InChI=1S/C12H14FNO4S2/c13-10-6-8(12(15)16)3-4-11(10)20(17,18)14-9-2-1-5-19-7-9/h3-4,6,9,14H,1-2,5,7H2,(H,15,16). The predicted octanol–water partition coefficient (Wildman–Crippen LogP) is 1.70. The molecule has 0 radical (unpaired) electrons. The third kappa shape index (κ3) is 3.50. The van der Waals surface area contributed by atoms with Gasteiger partial charge >= 0.3 is 5.97 Å². The Kier molecular flexibility index (Phi) is 4.66. The number of halogens is 1. The molecule has 1 aromatic rings. The van der Waals surface area contributed by atoms with E-state index in [0.29, 0.717) is 11.8 Å². The lowest BCUT2D eigenvalue weighted by Gasteiger charge is -2.22. The van der Waals surface area contributed by atoms with Crippen LogP contribution in [0.25, 0.3) is 0 Å². The summed E-state index contributed by atoms with van der Waals surface area (Å²) in [6.45, 7) is 0. The van der Waals surface area contributed by atoms with Crippen LogP contribution in [0.3, 0.4) is 0 Å². The van der Waals surface area contributed by atoms with Crippen LogP contribution in [0.2, 0.25) is 0 Å². The third-order valence-corrected chi connectivity index (χ3v) is 5.72. The molecule has 0 spiro atoms. The average molecular weight is 319 g/mol. The molecule has 1 atom stereocenters. The van der Waals surface area contributed by atoms with Crippen LogP contribution in [0.1, 0.15) is 23.2 Å². The van der Waals surface area contributed by atoms with Crippen LogP contribution < -0.4 is 4.72 Å². The van der Waals surface area contributed by atoms with Gasteiger partial charge in [0.05, 0.1) is 5.56 Å². The minimum atomic E-state index is -3.96. The fourth-order valence-electron chi connectivity index (χ4n) is 1.97. The smallest absolute Gasteiger partial charge is 0.335 e. The van der Waals surface area contributed by atoms with Gasteiger partial charge in [0.25, 0.3) is 0 Å². The molecule has 2 N–H and O–H groups in total. The summed E-state index contributed by atoms with van der Waals surface area (Å²) < 4.78 is 40.4. The zero-order chi connectivity index (χ0) is 14.8. The van der Waals surface area contributed by atoms with Crippen LogP contribution in [-0.4, -0.2) is 37.0 Å². The van der Waals surface area contributed by atoms with E-state index in [1.807, 2.05) is 0 Å². The molecule has 110 valence electrons. The first-order valence-electron chi connectivity index (χ1n) is 6.03. The SMILES string of the molecule is O=C(O)c1ccc(S(=O)(=O)NC2CCCSC2)c(F)c1. The van der Waals surface area contributed by atoms with Gasteiger partial charge in [-0.25, -0.2) is 22.3 Å². The van der Waals surface area contributed by atoms with Crippen LogP contribution >= 0.6 is 11.8 Å². The molecule has 1 aromatic carbocycles. The Morgan fingerprint density at radius 1 is 1.45 bits per heavy atom. The van der Waals surface area contributed by atoms with E-state index in [9.17, 15) is 17.6 Å². The fourth-order valence-corrected chi connectivity index (χ4v) is 4.48. The topological polar surface area (TPSA) is 83.5 Å². The van der Waals surface area contributed by atoms with E-state index in [1.165, 1.54) is 0 Å². The number of hydrogen-bond donors (Lipinski definition) is 2. The summed E-state index contributed by atoms with van der Waals surface area (Å²) in [4.78, 5) is 10.2. The van der Waals surface area contributed by atoms with Crippen LogP contribution in [0.4, 0.5) is 4.39 Å². The maximum absolute atomic E-state index is 13.8. The monoisotopic (exact) mass is 319 g/mol. The normalized spacial score (nSPS) is 19.8. The highest BCUT2D eigenvalue weighted by atomic mass is 32.2. The van der Waals surface area contributed by atoms with Crippen LogP contribution in [0.5, 0.6) is 0 Å². The number of rotatable bonds is 4. The molecule has 1 aliphatic heterocycles. The van der Waals surface area contributed by atoms with E-state index in [1.54, 1.807) is 11.8 Å². The summed E-state index contributed by atoms with van der Waals surface area (Å²) >= 11 is 1.65. The van der Waals surface area contributed by atoms with Gasteiger partial charge in [-0.15, -0.1) is 0 Å². The molecule has 0 amide bonds. The number of aromatic carboxylic acids is 1. The lowest BCUT2D eigenvalue weighted by atomic mass is 10.2. The molecule has 1 saturated heterocycles. The van der Waals surface area contributed by atoms with Gasteiger partial charge in [-0.05, 0) is 36.8 Å². The Balaban J connectivity index is 2.22. The van der Waals surface area contributed by atoms with Gasteiger partial charge in [0, 0.05) is 11.8 Å². The molecule has 1 fully saturated rings. The molecule has 0 saturated carbocycles. The maximum Gasteiger partial charge on any atom is 0.335 e. The van der Waals surface area contributed by atoms with Crippen LogP contribution in [0, 0.1) is 5.82 Å². The fraction of sp³-hybridized carbons (Fsp3) is 0.417. The van der Waals surface area contributed by atoms with Gasteiger partial charge in [-0.1, -0.05) is 0 Å². The van der Waals surface area contributed by atoms with Crippen molar-refractivity contribution in [1.29, 1.82) is 0 Å². The molecular weight excluding hydrogens is 305 g/mol. The molecule has 1 aliphatic rings. The lowest BCUT2D eigenvalue weighted by molar-refractivity contribution is 0.0696. The first-order chi connectivity index (χ1) is 9.40. The molecule has 8 heteroatoms. The largest absolute Gasteiger partial charge is 0.478 e. The number of nitrogens with one attached hydrogen (secondary N) is 1. The highest BCUT2D eigenvalue weighted by Gasteiger charge is 2.25. The summed E-state index contributed by atoms with van der Waals surface area (Å²) in [6, 6.07) is 2.57. The van der Waals surface area contributed by atoms with Gasteiger partial charge in [0.1, 0.15) is 10.7 Å². The summed E-state index contributed by atoms with van der Waals surface area (Å²) in [5.74, 6) is -0.695. The van der Waals surface area contributed by atoms with Crippen LogP contribution in [0.15, 0.2) is 23.1 Å². The minimum absolute atomic E-state index is 0.211. The molecule has 20 heavy (non-hydrogen) atoms. The zero-order valence-corrected chi connectivity index (χ0v) is 12.1. The van der Waals surface area contributed by atoms with E-state index in [4.69, 9.17) is 5.11 Å². The maximum atomic E-state index is 13.8. The first kappa shape index (κ1) is 15.3. The molecule has 1 unspecified atom stereocenters. The minimum Gasteiger partial charge on any atom is -0.478 e. The lowest BCUT2D eigenvalue weighted by Crippen LogP contribution is -2.38. The summed E-state index contributed by atoms with van der Waals surface area (Å²) in [7, 11) is -3.96. The number of benzene rings is 1. The van der Waals surface area contributed by atoms with E-state index >= 15 is 0 Å². The van der Waals surface area contributed by atoms with E-state index < -0.39 is 26.7 Å². The second kappa shape index (κ2) is 6.11. The van der Waals surface area contributed by atoms with E-state index in [-0.39, 0.29) is 11.6 Å². The second-order valence-corrected chi connectivity index (χ2v) is 7.32. The molecule has 0 aromatic heterocycles. The second-order valence-electron chi connectivity index (χ2n) is 4.49. The summed E-state index contributed by atoms with van der Waals surface area (Å²) in [5.41, 5.74) is -0.283. The number of thioether (sulfide) groups is 1. The third-order valence-electron chi connectivity index (χ3n) is 2.95. The Bertz CT molecular complexity index is 612. The van der Waals surface area contributed by atoms with Crippen molar-refractivity contribution in [2.75, 3.05) is 11.5 Å². The van der Waals surface area contributed by atoms with Crippen molar-refractivity contribution in [2.24, 2.45) is 0 Å². The van der Waals surface area contributed by atoms with Crippen molar-refractivity contribution in [1.82, 2.24) is 4.72 Å². The van der Waals surface area contributed by atoms with Gasteiger partial charge in [0.15, 0.2) is 0 Å². The highest BCUT2D eigenvalue weighted by Crippen LogP contribution is 2.21. The number of sulfonamides is 1. The average Bonchev–Trinajstić information content (AvgIpc) is 2.38. The van der Waals surface area contributed by atoms with Crippen molar-refractivity contribution >= 4 is 27.8 Å². The Morgan fingerprint density at radius 3 is 2.75 bits per heavy atom. The summed E-state index contributed by atoms with van der Waals surface area (Å²) in [6.07, 6.45) is 1.64. The van der Waals surface area contributed by atoms with Gasteiger partial charge in [-0.2, -0.15) is 11.8 Å². The summed E-state index contributed by atoms with van der Waals surface area (Å²) in [5, 5.41) is 8.73. The first-order valence-corrected chi connectivity index (χ1v) is 8.67. The van der Waals surface area contributed by atoms with Crippen molar-refractivity contribution in [2.45, 2.75) is 23.8 Å². The van der Waals surface area contributed by atoms with Crippen molar-refractivity contribution < 1.29 is 22.7 Å². The van der Waals surface area contributed by atoms with Crippen LogP contribution in [-0.2, 0) is 10.0 Å². The number of carboxylic acids is 1. The van der Waals surface area contributed by atoms with E-state index in [2.05, 4.69) is 4.72 Å². The Labute approximate surface area is 120 Å². The predicted molar refractivity (Wildman–Crippen MR) is 74.0 cm³/mol. The highest BCUT2D eigenvalue weighted by molar-refractivity contribution is 7.99. The number of carbonyl (C=O) groups is 1. The number of hydrogen-bond acceptors (Lipinski definition) is 4. The van der Waals surface area contributed by atoms with Crippen molar-refractivity contribution in [3.63, 3.8) is 0 Å². The molecule has 0 bridgehead atoms. The van der Waals surface area contributed by atoms with Gasteiger partial charge in [-0.3, -0.25) is 0 Å². The van der Waals surface area contributed by atoms with Crippen molar-refractivity contribution in [3.05, 3.63) is 29.6 Å². The van der Waals surface area contributed by atoms with E-state index in [0.717, 1.165) is 30.7 Å².